The van der Waals surface area contributed by atoms with Crippen LogP contribution in [0.25, 0.3) is 0 Å². The third kappa shape index (κ3) is 9.57. The standard InChI is InChI=1S/C37H52N4O8/c1-24-20-41(25(2)22-42)36(44)30-18-28(38-35(43)27-11-6-5-7-12-27)13-15-31(30)49-26(3)10-8-9-17-46-34(24)21-40(4)37(45)39-29-14-16-32-33(19-29)48-23-47-32/h13-16,18-19,24-27,34,42H,5-12,17,20-23H2,1-4H3,(H,38,43)(H,39,45)/t24-,25+,26-,34+/m1/s1. The smallest absolute Gasteiger partial charge is 0.321 e. The average molecular weight is 681 g/mol. The number of rotatable bonds is 7. The molecule has 0 spiro atoms. The number of likely N-dealkylation sites (N-methyl/N-ethyl adjacent to an activating group) is 1. The largest absolute Gasteiger partial charge is 0.490 e. The summed E-state index contributed by atoms with van der Waals surface area (Å²) in [6.07, 6.45) is 6.84. The summed E-state index contributed by atoms with van der Waals surface area (Å²) in [5.41, 5.74) is 1.45. The first-order valence-electron chi connectivity index (χ1n) is 17.7. The lowest BCUT2D eigenvalue weighted by molar-refractivity contribution is -0.120. The Labute approximate surface area is 289 Å². The van der Waals surface area contributed by atoms with Crippen molar-refractivity contribution >= 4 is 29.2 Å². The van der Waals surface area contributed by atoms with Crippen LogP contribution in [0.15, 0.2) is 36.4 Å². The first-order valence-corrected chi connectivity index (χ1v) is 17.7. The zero-order valence-electron chi connectivity index (χ0n) is 29.2. The third-order valence-corrected chi connectivity index (χ3v) is 9.72. The van der Waals surface area contributed by atoms with Crippen LogP contribution in [0.4, 0.5) is 16.2 Å². The number of urea groups is 1. The van der Waals surface area contributed by atoms with Crippen molar-refractivity contribution in [3.63, 3.8) is 0 Å². The molecule has 4 atom stereocenters. The molecule has 3 aliphatic rings. The lowest BCUT2D eigenvalue weighted by Crippen LogP contribution is -2.48. The van der Waals surface area contributed by atoms with Gasteiger partial charge < -0.3 is 44.5 Å². The second-order valence-electron chi connectivity index (χ2n) is 13.7. The zero-order chi connectivity index (χ0) is 34.9. The number of nitrogens with one attached hydrogen (secondary N) is 2. The summed E-state index contributed by atoms with van der Waals surface area (Å²) in [5.74, 6) is 1.08. The molecule has 0 radical (unpaired) electrons. The fourth-order valence-electron chi connectivity index (χ4n) is 6.62. The Hall–Kier alpha value is -4.03. The maximum Gasteiger partial charge on any atom is 0.321 e. The molecule has 3 N–H and O–H groups in total. The van der Waals surface area contributed by atoms with Gasteiger partial charge in [-0.1, -0.05) is 26.2 Å². The number of fused-ring (bicyclic) bond motifs is 2. The van der Waals surface area contributed by atoms with E-state index in [1.165, 1.54) is 0 Å². The molecule has 1 aliphatic carbocycles. The van der Waals surface area contributed by atoms with Crippen LogP contribution < -0.4 is 24.8 Å². The molecule has 268 valence electrons. The highest BCUT2D eigenvalue weighted by molar-refractivity contribution is 6.00. The second-order valence-corrected chi connectivity index (χ2v) is 13.7. The summed E-state index contributed by atoms with van der Waals surface area (Å²) in [7, 11) is 1.71. The summed E-state index contributed by atoms with van der Waals surface area (Å²) in [4.78, 5) is 44.0. The number of hydrogen-bond donors (Lipinski definition) is 3. The molecule has 2 aromatic carbocycles. The summed E-state index contributed by atoms with van der Waals surface area (Å²) in [5, 5.41) is 16.2. The summed E-state index contributed by atoms with van der Waals surface area (Å²) >= 11 is 0. The molecule has 0 aromatic heterocycles. The maximum absolute atomic E-state index is 14.4. The van der Waals surface area contributed by atoms with E-state index in [0.717, 1.165) is 51.4 Å². The summed E-state index contributed by atoms with van der Waals surface area (Å²) in [6, 6.07) is 9.66. The van der Waals surface area contributed by atoms with Gasteiger partial charge in [0.05, 0.1) is 30.4 Å². The van der Waals surface area contributed by atoms with E-state index >= 15 is 0 Å². The highest BCUT2D eigenvalue weighted by Crippen LogP contribution is 2.34. The van der Waals surface area contributed by atoms with Crippen LogP contribution in [0.2, 0.25) is 0 Å². The monoisotopic (exact) mass is 680 g/mol. The molecule has 0 saturated heterocycles. The van der Waals surface area contributed by atoms with Crippen LogP contribution in [0, 0.1) is 11.8 Å². The number of benzene rings is 2. The Morgan fingerprint density at radius 2 is 1.63 bits per heavy atom. The van der Waals surface area contributed by atoms with Crippen molar-refractivity contribution in [1.82, 2.24) is 9.80 Å². The highest BCUT2D eigenvalue weighted by Gasteiger charge is 2.31. The number of aliphatic hydroxyl groups excluding tert-OH is 1. The van der Waals surface area contributed by atoms with Crippen molar-refractivity contribution in [2.75, 3.05) is 50.8 Å². The molecule has 49 heavy (non-hydrogen) atoms. The van der Waals surface area contributed by atoms with Crippen LogP contribution in [0.1, 0.15) is 82.5 Å². The molecule has 2 heterocycles. The number of carbonyl (C=O) groups is 3. The van der Waals surface area contributed by atoms with Gasteiger partial charge in [0.15, 0.2) is 11.5 Å². The quantitative estimate of drug-likeness (QED) is 0.329. The Morgan fingerprint density at radius 3 is 2.39 bits per heavy atom. The average Bonchev–Trinajstić information content (AvgIpc) is 3.58. The van der Waals surface area contributed by atoms with Crippen LogP contribution in [-0.2, 0) is 9.53 Å². The van der Waals surface area contributed by atoms with E-state index in [-0.39, 0.29) is 62.3 Å². The zero-order valence-corrected chi connectivity index (χ0v) is 29.2. The van der Waals surface area contributed by atoms with Crippen molar-refractivity contribution < 1.29 is 38.4 Å². The Balaban J connectivity index is 1.35. The predicted molar refractivity (Wildman–Crippen MR) is 186 cm³/mol. The number of hydrogen-bond acceptors (Lipinski definition) is 8. The molecule has 12 heteroatoms. The van der Waals surface area contributed by atoms with Crippen molar-refractivity contribution in [3.8, 4) is 17.2 Å². The van der Waals surface area contributed by atoms with Crippen LogP contribution in [0.3, 0.4) is 0 Å². The van der Waals surface area contributed by atoms with Gasteiger partial charge in [-0.15, -0.1) is 0 Å². The maximum atomic E-state index is 14.4. The third-order valence-electron chi connectivity index (χ3n) is 9.72. The van der Waals surface area contributed by atoms with Gasteiger partial charge >= 0.3 is 6.03 Å². The van der Waals surface area contributed by atoms with Gasteiger partial charge in [0, 0.05) is 56.0 Å². The molecule has 1 saturated carbocycles. The molecule has 1 fully saturated rings. The van der Waals surface area contributed by atoms with Gasteiger partial charge in [-0.25, -0.2) is 4.79 Å². The van der Waals surface area contributed by atoms with Gasteiger partial charge in [0.2, 0.25) is 12.7 Å². The van der Waals surface area contributed by atoms with Gasteiger partial charge in [-0.2, -0.15) is 0 Å². The van der Waals surface area contributed by atoms with E-state index in [2.05, 4.69) is 10.6 Å². The van der Waals surface area contributed by atoms with Crippen LogP contribution in [0.5, 0.6) is 17.2 Å². The SMILES string of the molecule is C[C@@H]1CCCCO[C@@H](CN(C)C(=O)Nc2ccc3c(c2)OCO3)[C@H](C)CN([C@@H](C)CO)C(=O)c2cc(NC(=O)C3CCCCC3)ccc2O1. The molecule has 2 aromatic rings. The first kappa shape index (κ1) is 36.3. The van der Waals surface area contributed by atoms with Gasteiger partial charge in [0.25, 0.3) is 5.91 Å². The summed E-state index contributed by atoms with van der Waals surface area (Å²) in [6.45, 7) is 6.70. The van der Waals surface area contributed by atoms with Crippen LogP contribution in [-0.4, -0.2) is 91.1 Å². The molecular weight excluding hydrogens is 628 g/mol. The van der Waals surface area contributed by atoms with Gasteiger partial charge in [-0.05, 0) is 76.3 Å². The van der Waals surface area contributed by atoms with E-state index in [9.17, 15) is 19.5 Å². The predicted octanol–water partition coefficient (Wildman–Crippen LogP) is 5.89. The Morgan fingerprint density at radius 1 is 0.939 bits per heavy atom. The Kier molecular flexibility index (Phi) is 12.6. The van der Waals surface area contributed by atoms with Gasteiger partial charge in [0.1, 0.15) is 5.75 Å². The van der Waals surface area contributed by atoms with Crippen molar-refractivity contribution in [2.24, 2.45) is 11.8 Å². The van der Waals surface area contributed by atoms with E-state index in [1.54, 1.807) is 60.2 Å². The first-order chi connectivity index (χ1) is 23.6. The van der Waals surface area contributed by atoms with Gasteiger partial charge in [-0.3, -0.25) is 9.59 Å². The highest BCUT2D eigenvalue weighted by atomic mass is 16.7. The fraction of sp³-hybridized carbons (Fsp3) is 0.595. The normalized spacial score (nSPS) is 22.7. The van der Waals surface area contributed by atoms with E-state index < -0.39 is 12.1 Å². The minimum absolute atomic E-state index is 0.0249. The topological polar surface area (TPSA) is 139 Å². The van der Waals surface area contributed by atoms with Crippen LogP contribution >= 0.6 is 0 Å². The lowest BCUT2D eigenvalue weighted by atomic mass is 9.88. The molecule has 12 nitrogen and oxygen atoms in total. The molecular formula is C37H52N4O8. The van der Waals surface area contributed by atoms with Crippen molar-refractivity contribution in [3.05, 3.63) is 42.0 Å². The molecule has 0 bridgehead atoms. The molecule has 2 aliphatic heterocycles. The number of nitrogens with zero attached hydrogens (tertiary/aromatic N) is 2. The molecule has 0 unspecified atom stereocenters. The minimum atomic E-state index is -0.513. The molecule has 5 rings (SSSR count). The number of amides is 4. The number of anilines is 2. The minimum Gasteiger partial charge on any atom is -0.490 e. The van der Waals surface area contributed by atoms with E-state index in [1.807, 2.05) is 13.8 Å². The molecule has 4 amide bonds. The second kappa shape index (κ2) is 17.1. The fourth-order valence-corrected chi connectivity index (χ4v) is 6.62. The number of ether oxygens (including phenoxy) is 4. The number of aliphatic hydroxyl groups is 1. The van der Waals surface area contributed by atoms with Crippen molar-refractivity contribution in [1.29, 1.82) is 0 Å². The number of carbonyl (C=O) groups excluding carboxylic acids is 3. The lowest BCUT2D eigenvalue weighted by Gasteiger charge is -2.35. The summed E-state index contributed by atoms with van der Waals surface area (Å²) < 4.78 is 23.5. The van der Waals surface area contributed by atoms with Crippen molar-refractivity contribution in [2.45, 2.75) is 90.4 Å². The van der Waals surface area contributed by atoms with E-state index in [4.69, 9.17) is 18.9 Å². The van der Waals surface area contributed by atoms with E-state index in [0.29, 0.717) is 40.8 Å². The Bertz CT molecular complexity index is 1450.